The lowest BCUT2D eigenvalue weighted by Gasteiger charge is -2.12. The molecule has 1 rings (SSSR count). The molecule has 0 saturated heterocycles. The molecule has 4 nitrogen and oxygen atoms in total. The molecule has 0 amide bonds. The Bertz CT molecular complexity index is 426. The number of methoxy groups -OCH3 is 1. The van der Waals surface area contributed by atoms with Gasteiger partial charge in [0.1, 0.15) is 11.4 Å². The van der Waals surface area contributed by atoms with Crippen LogP contribution in [-0.2, 0) is 17.1 Å². The zero-order valence-electron chi connectivity index (χ0n) is 8.91. The van der Waals surface area contributed by atoms with Crippen molar-refractivity contribution in [2.45, 2.75) is 18.7 Å². The van der Waals surface area contributed by atoms with Gasteiger partial charge in [-0.1, -0.05) is 0 Å². The first kappa shape index (κ1) is 13.6. The summed E-state index contributed by atoms with van der Waals surface area (Å²) in [7, 11) is 1.31. The van der Waals surface area contributed by atoms with Gasteiger partial charge >= 0.3 is 5.97 Å². The predicted octanol–water partition coefficient (Wildman–Crippen LogP) is 2.39. The first-order valence-electron chi connectivity index (χ1n) is 4.62. The quantitative estimate of drug-likeness (QED) is 0.831. The summed E-state index contributed by atoms with van der Waals surface area (Å²) in [5.74, 6) is -1.09. The third-order valence-corrected chi connectivity index (χ3v) is 2.32. The van der Waals surface area contributed by atoms with Crippen molar-refractivity contribution in [2.24, 2.45) is 0 Å². The summed E-state index contributed by atoms with van der Waals surface area (Å²) in [6, 6.07) is 1.11. The van der Waals surface area contributed by atoms with Gasteiger partial charge in [0.2, 0.25) is 0 Å². The molecule has 0 aromatic carbocycles. The Hall–Kier alpha value is -1.43. The number of rotatable bonds is 5. The normalized spacial score (nSPS) is 10.6. The molecule has 1 aromatic heterocycles. The van der Waals surface area contributed by atoms with Crippen LogP contribution in [0.25, 0.3) is 0 Å². The van der Waals surface area contributed by atoms with Crippen LogP contribution in [0.1, 0.15) is 23.4 Å². The van der Waals surface area contributed by atoms with Gasteiger partial charge in [-0.3, -0.25) is 4.79 Å². The average Bonchev–Trinajstić information content (AvgIpc) is 2.26. The first-order valence-corrected chi connectivity index (χ1v) is 5.15. The maximum Gasteiger partial charge on any atom is 0.309 e. The number of halogens is 3. The number of carboxylic acids is 1. The van der Waals surface area contributed by atoms with E-state index in [1.165, 1.54) is 7.11 Å². The number of nitrogens with zero attached hydrogens (tertiary/aromatic N) is 1. The van der Waals surface area contributed by atoms with Crippen molar-refractivity contribution in [1.29, 1.82) is 0 Å². The van der Waals surface area contributed by atoms with Gasteiger partial charge in [-0.2, -0.15) is 0 Å². The van der Waals surface area contributed by atoms with Crippen LogP contribution >= 0.6 is 11.6 Å². The van der Waals surface area contributed by atoms with Gasteiger partial charge in [0, 0.05) is 5.56 Å². The van der Waals surface area contributed by atoms with Gasteiger partial charge in [-0.15, -0.1) is 11.6 Å². The van der Waals surface area contributed by atoms with Crippen molar-refractivity contribution in [1.82, 2.24) is 4.98 Å². The number of alkyl halides is 3. The number of ether oxygens (including phenoxy) is 1. The van der Waals surface area contributed by atoms with Gasteiger partial charge in [0.25, 0.3) is 6.43 Å². The lowest BCUT2D eigenvalue weighted by molar-refractivity contribution is -0.136. The summed E-state index contributed by atoms with van der Waals surface area (Å²) in [6.07, 6.45) is -3.27. The predicted molar refractivity (Wildman–Crippen MR) is 56.6 cm³/mol. The fourth-order valence-corrected chi connectivity index (χ4v) is 1.59. The molecule has 7 heteroatoms. The number of aromatic nitrogens is 1. The zero-order valence-corrected chi connectivity index (χ0v) is 9.67. The molecule has 0 fully saturated rings. The highest BCUT2D eigenvalue weighted by molar-refractivity contribution is 6.17. The Morgan fingerprint density at radius 1 is 1.65 bits per heavy atom. The third-order valence-electron chi connectivity index (χ3n) is 2.03. The molecule has 0 bridgehead atoms. The number of carboxylic acid groups (broad SMARTS) is 1. The maximum atomic E-state index is 12.5. The smallest absolute Gasteiger partial charge is 0.309 e. The summed E-state index contributed by atoms with van der Waals surface area (Å²) >= 11 is 5.60. The number of pyridine rings is 1. The van der Waals surface area contributed by atoms with E-state index in [1.807, 2.05) is 0 Å². The second kappa shape index (κ2) is 5.77. The van der Waals surface area contributed by atoms with E-state index in [1.54, 1.807) is 0 Å². The summed E-state index contributed by atoms with van der Waals surface area (Å²) in [5, 5.41) is 8.66. The number of aliphatic carboxylic acids is 1. The van der Waals surface area contributed by atoms with Gasteiger partial charge in [-0.05, 0) is 6.07 Å². The SMILES string of the molecule is COc1c(CCl)cc(C(F)F)nc1CC(=O)O. The van der Waals surface area contributed by atoms with Crippen molar-refractivity contribution in [3.05, 3.63) is 23.0 Å². The van der Waals surface area contributed by atoms with Crippen LogP contribution in [-0.4, -0.2) is 23.2 Å². The Morgan fingerprint density at radius 2 is 2.29 bits per heavy atom. The number of carbonyl (C=O) groups is 1. The van der Waals surface area contributed by atoms with Gasteiger partial charge in [0.05, 0.1) is 25.1 Å². The fourth-order valence-electron chi connectivity index (χ4n) is 1.39. The minimum Gasteiger partial charge on any atom is -0.494 e. The van der Waals surface area contributed by atoms with Crippen LogP contribution in [0.15, 0.2) is 6.07 Å². The molecule has 0 radical (unpaired) electrons. The Labute approximate surface area is 101 Å². The van der Waals surface area contributed by atoms with E-state index in [9.17, 15) is 13.6 Å². The lowest BCUT2D eigenvalue weighted by atomic mass is 10.1. The zero-order chi connectivity index (χ0) is 13.0. The highest BCUT2D eigenvalue weighted by Gasteiger charge is 2.19. The molecule has 0 atom stereocenters. The van der Waals surface area contributed by atoms with E-state index in [0.717, 1.165) is 6.07 Å². The van der Waals surface area contributed by atoms with Crippen molar-refractivity contribution < 1.29 is 23.4 Å². The van der Waals surface area contributed by atoms with E-state index in [4.69, 9.17) is 21.4 Å². The van der Waals surface area contributed by atoms with Gasteiger partial charge in [0.15, 0.2) is 0 Å². The second-order valence-electron chi connectivity index (χ2n) is 3.19. The number of hydrogen-bond acceptors (Lipinski definition) is 3. The lowest BCUT2D eigenvalue weighted by Crippen LogP contribution is -2.08. The van der Waals surface area contributed by atoms with Crippen molar-refractivity contribution in [2.75, 3.05) is 7.11 Å². The third kappa shape index (κ3) is 3.26. The Morgan fingerprint density at radius 3 is 2.71 bits per heavy atom. The summed E-state index contributed by atoms with van der Waals surface area (Å²) < 4.78 is 30.0. The molecule has 1 N–H and O–H groups in total. The first-order chi connectivity index (χ1) is 7.99. The van der Waals surface area contributed by atoms with Crippen molar-refractivity contribution in [3.8, 4) is 5.75 Å². The number of hydrogen-bond donors (Lipinski definition) is 1. The summed E-state index contributed by atoms with van der Waals surface area (Å²) in [4.78, 5) is 14.2. The van der Waals surface area contributed by atoms with Gasteiger partial charge < -0.3 is 9.84 Å². The molecule has 0 aliphatic carbocycles. The maximum absolute atomic E-state index is 12.5. The van der Waals surface area contributed by atoms with E-state index < -0.39 is 24.5 Å². The molecule has 0 spiro atoms. The molecule has 1 heterocycles. The second-order valence-corrected chi connectivity index (χ2v) is 3.46. The van der Waals surface area contributed by atoms with Crippen molar-refractivity contribution >= 4 is 17.6 Å². The summed E-state index contributed by atoms with van der Waals surface area (Å²) in [5.41, 5.74) is -0.248. The highest BCUT2D eigenvalue weighted by Crippen LogP contribution is 2.29. The highest BCUT2D eigenvalue weighted by atomic mass is 35.5. The average molecular weight is 266 g/mol. The molecular formula is C10H10ClF2NO3. The molecule has 0 aliphatic rings. The molecule has 17 heavy (non-hydrogen) atoms. The van der Waals surface area contributed by atoms with E-state index in [0.29, 0.717) is 5.56 Å². The largest absolute Gasteiger partial charge is 0.494 e. The monoisotopic (exact) mass is 265 g/mol. The molecule has 0 unspecified atom stereocenters. The standard InChI is InChI=1S/C10H10ClF2NO3/c1-17-9-5(4-11)2-7(10(12)13)14-6(9)3-8(15)16/h2,10H,3-4H2,1H3,(H,15,16). The molecule has 94 valence electrons. The van der Waals surface area contributed by atoms with Crippen molar-refractivity contribution in [3.63, 3.8) is 0 Å². The topological polar surface area (TPSA) is 59.4 Å². The van der Waals surface area contributed by atoms with Crippen LogP contribution in [0.3, 0.4) is 0 Å². The van der Waals surface area contributed by atoms with Crippen LogP contribution in [0.2, 0.25) is 0 Å². The molecular weight excluding hydrogens is 256 g/mol. The minimum atomic E-state index is -2.78. The van der Waals surface area contributed by atoms with Crippen LogP contribution < -0.4 is 4.74 Å². The van der Waals surface area contributed by atoms with E-state index in [2.05, 4.69) is 4.98 Å². The fraction of sp³-hybridized carbons (Fsp3) is 0.400. The molecule has 1 aromatic rings. The van der Waals surface area contributed by atoms with E-state index in [-0.39, 0.29) is 17.3 Å². The van der Waals surface area contributed by atoms with Crippen LogP contribution in [0, 0.1) is 0 Å². The van der Waals surface area contributed by atoms with Gasteiger partial charge in [-0.25, -0.2) is 13.8 Å². The molecule has 0 aliphatic heterocycles. The van der Waals surface area contributed by atoms with Crippen LogP contribution in [0.4, 0.5) is 8.78 Å². The Balaban J connectivity index is 3.31. The minimum absolute atomic E-state index is 0.0477. The van der Waals surface area contributed by atoms with Crippen LogP contribution in [0.5, 0.6) is 5.75 Å². The Kier molecular flexibility index (Phi) is 4.62. The molecule has 0 saturated carbocycles. The summed E-state index contributed by atoms with van der Waals surface area (Å²) in [6.45, 7) is 0. The van der Waals surface area contributed by atoms with E-state index >= 15 is 0 Å².